The van der Waals surface area contributed by atoms with Crippen LogP contribution in [-0.2, 0) is 64.0 Å². The summed E-state index contributed by atoms with van der Waals surface area (Å²) in [4.78, 5) is 164. The maximum Gasteiger partial charge on any atom is 0.326 e. The van der Waals surface area contributed by atoms with Crippen LogP contribution in [0, 0.1) is 11.8 Å². The van der Waals surface area contributed by atoms with Gasteiger partial charge in [-0.15, -0.1) is 0 Å². The molecule has 18 N–H and O–H groups in total. The molecule has 82 heavy (non-hydrogen) atoms. The normalized spacial score (nSPS) is 18.1. The van der Waals surface area contributed by atoms with E-state index in [2.05, 4.69) is 47.5 Å². The van der Waals surface area contributed by atoms with Gasteiger partial charge in [0.2, 0.25) is 53.2 Å². The lowest BCUT2D eigenvalue weighted by molar-refractivity contribution is -0.147. The van der Waals surface area contributed by atoms with Gasteiger partial charge in [-0.3, -0.25) is 57.7 Å². The minimum Gasteiger partial charge on any atom is -0.508 e. The molecule has 2 heterocycles. The Kier molecular flexibility index (Phi) is 27.4. The number of carbonyl (C=O) groups excluding carboxylic acids is 9. The van der Waals surface area contributed by atoms with E-state index in [0.717, 1.165) is 0 Å². The predicted octanol–water partition coefficient (Wildman–Crippen LogP) is -3.86. The number of hydrogen-bond acceptors (Lipinski definition) is 16. The zero-order valence-corrected chi connectivity index (χ0v) is 46.9. The molecule has 11 atom stereocenters. The number of carboxylic acid groups (broad SMARTS) is 3. The van der Waals surface area contributed by atoms with Gasteiger partial charge in [-0.1, -0.05) is 39.8 Å². The lowest BCUT2D eigenvalue weighted by Crippen LogP contribution is -2.62. The molecule has 0 unspecified atom stereocenters. The fourth-order valence-electron chi connectivity index (χ4n) is 9.03. The van der Waals surface area contributed by atoms with Gasteiger partial charge in [0.25, 0.3) is 0 Å². The number of nitrogens with one attached hydrogen (secondary N) is 9. The number of amides is 9. The Balaban J connectivity index is 1.83. The van der Waals surface area contributed by atoms with Crippen molar-refractivity contribution >= 4 is 77.0 Å². The molecule has 1 aromatic carbocycles. The summed E-state index contributed by atoms with van der Waals surface area (Å²) in [5.41, 5.74) is 11.4. The van der Waals surface area contributed by atoms with Crippen LogP contribution in [0.1, 0.15) is 111 Å². The first kappa shape index (κ1) is 68.1. The zero-order chi connectivity index (χ0) is 61.5. The van der Waals surface area contributed by atoms with E-state index in [-0.39, 0.29) is 69.2 Å². The smallest absolute Gasteiger partial charge is 0.326 e. The molecule has 0 saturated carbocycles. The number of aliphatic hydroxyl groups is 1. The largest absolute Gasteiger partial charge is 0.508 e. The van der Waals surface area contributed by atoms with Gasteiger partial charge in [-0.2, -0.15) is 0 Å². The van der Waals surface area contributed by atoms with Crippen molar-refractivity contribution in [1.82, 2.24) is 52.8 Å². The molecule has 2 aliphatic heterocycles. The summed E-state index contributed by atoms with van der Waals surface area (Å²) in [6.45, 7) is 9.69. The standard InChI is InChI=1S/C52H81N13O17/c1-25(2)22-34(47(77)60-35(23-29-13-15-30(67)16-14-29)46(76)57-27(5)42(72)62-36(51(81)82)24-39(70)71)61-49(79)41(28(6)66)64-48(78)37-12-9-21-65(37)50(80)40(26(3)4)63-45(75)32(11-8-20-56-52(53)54)58-44(74)33(17-18-38(68)69)59-43(73)31-10-7-19-55-31/h13-16,25-28,31-37,40-41,55,66-67H,7-12,17-24H2,1-6H3,(H,57,76)(H,58,74)(H,59,73)(H,60,77)(H,61,79)(H,62,72)(H,63,75)(H,64,78)(H,68,69)(H,70,71)(H,81,82)(H4,53,54,56)/t27-,28+,31-,32-,33-,34-,35-,36-,37-,40-,41-/m0/s1. The van der Waals surface area contributed by atoms with Crippen molar-refractivity contribution < 1.29 is 83.1 Å². The highest BCUT2D eigenvalue weighted by atomic mass is 16.4. The van der Waals surface area contributed by atoms with E-state index < -0.39 is 156 Å². The van der Waals surface area contributed by atoms with Gasteiger partial charge >= 0.3 is 17.9 Å². The van der Waals surface area contributed by atoms with Crippen LogP contribution in [0.2, 0.25) is 0 Å². The van der Waals surface area contributed by atoms with E-state index >= 15 is 0 Å². The summed E-state index contributed by atoms with van der Waals surface area (Å²) in [5.74, 6) is -13.5. The highest BCUT2D eigenvalue weighted by molar-refractivity contribution is 5.99. The Bertz CT molecular complexity index is 2470. The summed E-state index contributed by atoms with van der Waals surface area (Å²) < 4.78 is 0. The number of aliphatic carboxylic acids is 3. The Labute approximate surface area is 473 Å². The van der Waals surface area contributed by atoms with Crippen molar-refractivity contribution in [2.75, 3.05) is 19.6 Å². The van der Waals surface area contributed by atoms with Crippen molar-refractivity contribution in [1.29, 1.82) is 0 Å². The van der Waals surface area contributed by atoms with Crippen molar-refractivity contribution in [3.05, 3.63) is 29.8 Å². The molecule has 30 nitrogen and oxygen atoms in total. The number of aliphatic hydroxyl groups excluding tert-OH is 1. The van der Waals surface area contributed by atoms with E-state index in [1.165, 1.54) is 43.0 Å². The molecule has 30 heteroatoms. The van der Waals surface area contributed by atoms with Crippen LogP contribution in [0.3, 0.4) is 0 Å². The molecule has 456 valence electrons. The summed E-state index contributed by atoms with van der Waals surface area (Å²) in [5, 5.41) is 71.6. The number of aliphatic imine (C=N–C) groups is 1. The molecule has 2 aliphatic rings. The SMILES string of the molecule is CC(C)C[C@H](NC(=O)[C@@H](NC(=O)[C@@H]1CCCN1C(=O)[C@@H](NC(=O)[C@H](CCCN=C(N)N)NC(=O)[C@H](CCC(=O)O)NC(=O)[C@@H]1CCCN1)C(C)C)[C@@H](C)O)C(=O)N[C@@H](Cc1ccc(O)cc1)C(=O)N[C@@H](C)C(=O)N[C@@H](CC(=O)O)C(=O)O. The van der Waals surface area contributed by atoms with Gasteiger partial charge in [-0.05, 0) is 101 Å². The third-order valence-electron chi connectivity index (χ3n) is 13.5. The van der Waals surface area contributed by atoms with E-state index in [1.807, 2.05) is 5.32 Å². The molecule has 0 aliphatic carbocycles. The number of likely N-dealkylation sites (tertiary alicyclic amines) is 1. The molecule has 3 rings (SSSR count). The quantitative estimate of drug-likeness (QED) is 0.0182. The van der Waals surface area contributed by atoms with Gasteiger partial charge < -0.3 is 89.8 Å². The first-order chi connectivity index (χ1) is 38.5. The maximum atomic E-state index is 14.5. The van der Waals surface area contributed by atoms with Crippen LogP contribution >= 0.6 is 0 Å². The molecule has 9 amide bonds. The average molecular weight is 1160 g/mol. The van der Waals surface area contributed by atoms with Gasteiger partial charge in [0.05, 0.1) is 18.6 Å². The van der Waals surface area contributed by atoms with Crippen LogP contribution in [-0.4, -0.2) is 194 Å². The number of nitrogens with zero attached hydrogens (tertiary/aromatic N) is 2. The van der Waals surface area contributed by atoms with Crippen molar-refractivity contribution in [3.8, 4) is 5.75 Å². The number of phenolic OH excluding ortho intramolecular Hbond substituents is 1. The molecule has 2 fully saturated rings. The molecular formula is C52H81N13O17. The minimum atomic E-state index is -1.84. The van der Waals surface area contributed by atoms with Crippen LogP contribution in [0.15, 0.2) is 29.3 Å². The Morgan fingerprint density at radius 2 is 1.23 bits per heavy atom. The van der Waals surface area contributed by atoms with E-state index in [1.54, 1.807) is 27.7 Å². The van der Waals surface area contributed by atoms with Gasteiger partial charge in [0, 0.05) is 25.9 Å². The van der Waals surface area contributed by atoms with Crippen molar-refractivity contribution in [3.63, 3.8) is 0 Å². The molecule has 0 spiro atoms. The Morgan fingerprint density at radius 1 is 0.646 bits per heavy atom. The number of benzene rings is 1. The summed E-state index contributed by atoms with van der Waals surface area (Å²) in [6.07, 6.45) is -2.05. The number of rotatable bonds is 33. The number of aromatic hydroxyl groups is 1. The summed E-state index contributed by atoms with van der Waals surface area (Å²) in [7, 11) is 0. The molecule has 0 aromatic heterocycles. The van der Waals surface area contributed by atoms with Gasteiger partial charge in [-0.25, -0.2) is 4.79 Å². The second kappa shape index (κ2) is 32.9. The lowest BCUT2D eigenvalue weighted by atomic mass is 10.00. The van der Waals surface area contributed by atoms with Crippen LogP contribution in [0.4, 0.5) is 0 Å². The van der Waals surface area contributed by atoms with Crippen LogP contribution < -0.4 is 59.3 Å². The average Bonchev–Trinajstić information content (AvgIpc) is 4.23. The van der Waals surface area contributed by atoms with Gasteiger partial charge in [0.15, 0.2) is 5.96 Å². The zero-order valence-electron chi connectivity index (χ0n) is 46.9. The number of carboxylic acids is 3. The first-order valence-corrected chi connectivity index (χ1v) is 27.1. The maximum absolute atomic E-state index is 14.5. The van der Waals surface area contributed by atoms with E-state index in [9.17, 15) is 78.0 Å². The Morgan fingerprint density at radius 3 is 1.79 bits per heavy atom. The third kappa shape index (κ3) is 22.4. The predicted molar refractivity (Wildman–Crippen MR) is 291 cm³/mol. The molecule has 1 aromatic rings. The summed E-state index contributed by atoms with van der Waals surface area (Å²) in [6, 6.07) is -8.33. The highest BCUT2D eigenvalue weighted by Gasteiger charge is 2.42. The number of hydrogen-bond donors (Lipinski definition) is 16. The van der Waals surface area contributed by atoms with Crippen molar-refractivity contribution in [2.24, 2.45) is 28.3 Å². The number of phenols is 1. The van der Waals surface area contributed by atoms with E-state index in [0.29, 0.717) is 31.4 Å². The molecule has 0 radical (unpaired) electrons. The van der Waals surface area contributed by atoms with Crippen molar-refractivity contribution in [2.45, 2.75) is 179 Å². The van der Waals surface area contributed by atoms with Gasteiger partial charge in [0.1, 0.15) is 60.1 Å². The monoisotopic (exact) mass is 1160 g/mol. The molecule has 2 saturated heterocycles. The highest BCUT2D eigenvalue weighted by Crippen LogP contribution is 2.22. The molecule has 0 bridgehead atoms. The first-order valence-electron chi connectivity index (χ1n) is 27.1. The number of guanidine groups is 1. The second-order valence-electron chi connectivity index (χ2n) is 21.1. The Hall–Kier alpha value is -8.15. The van der Waals surface area contributed by atoms with Crippen LogP contribution in [0.25, 0.3) is 0 Å². The minimum absolute atomic E-state index is 0.0214. The fourth-order valence-corrected chi connectivity index (χ4v) is 9.03. The van der Waals surface area contributed by atoms with Crippen LogP contribution in [0.5, 0.6) is 5.75 Å². The topological polar surface area (TPSA) is 482 Å². The number of carbonyl (C=O) groups is 12. The third-order valence-corrected chi connectivity index (χ3v) is 13.5. The van der Waals surface area contributed by atoms with E-state index in [4.69, 9.17) is 16.6 Å². The summed E-state index contributed by atoms with van der Waals surface area (Å²) >= 11 is 0. The lowest BCUT2D eigenvalue weighted by Gasteiger charge is -2.33. The fraction of sp³-hybridized carbons (Fsp3) is 0.635. The second-order valence-corrected chi connectivity index (χ2v) is 21.1. The molecular weight excluding hydrogens is 1080 g/mol. The number of nitrogens with two attached hydrogens (primary N) is 2.